The van der Waals surface area contributed by atoms with Crippen LogP contribution in [-0.4, -0.2) is 23.3 Å². The second-order valence-electron chi connectivity index (χ2n) is 5.09. The lowest BCUT2D eigenvalue weighted by molar-refractivity contribution is 0.159. The van der Waals surface area contributed by atoms with E-state index < -0.39 is 5.54 Å². The lowest BCUT2D eigenvalue weighted by Gasteiger charge is -2.28. The Hall–Kier alpha value is -0.970. The van der Waals surface area contributed by atoms with Crippen molar-refractivity contribution >= 4 is 34.9 Å². The molecule has 1 aliphatic rings. The summed E-state index contributed by atoms with van der Waals surface area (Å²) in [5.41, 5.74) is -0.0574. The molecule has 0 spiro atoms. The molecule has 0 saturated heterocycles. The number of carbonyl (C=O) groups excluding carboxylic acids is 1. The molecule has 3 N–H and O–H groups in total. The van der Waals surface area contributed by atoms with Crippen molar-refractivity contribution in [1.82, 2.24) is 5.32 Å². The Labute approximate surface area is 122 Å². The first-order valence-electron chi connectivity index (χ1n) is 6.09. The molecule has 1 aromatic rings. The van der Waals surface area contributed by atoms with Gasteiger partial charge in [-0.2, -0.15) is 0 Å². The van der Waals surface area contributed by atoms with Gasteiger partial charge in [0.1, 0.15) is 0 Å². The second kappa shape index (κ2) is 5.57. The molecule has 0 radical (unpaired) electrons. The molecule has 1 atom stereocenters. The van der Waals surface area contributed by atoms with Gasteiger partial charge < -0.3 is 15.7 Å². The predicted molar refractivity (Wildman–Crippen MR) is 76.8 cm³/mol. The van der Waals surface area contributed by atoms with Crippen LogP contribution in [0, 0.1) is 5.92 Å². The van der Waals surface area contributed by atoms with Gasteiger partial charge >= 0.3 is 6.03 Å². The van der Waals surface area contributed by atoms with Crippen molar-refractivity contribution in [1.29, 1.82) is 0 Å². The van der Waals surface area contributed by atoms with Crippen molar-refractivity contribution in [2.75, 3.05) is 11.9 Å². The summed E-state index contributed by atoms with van der Waals surface area (Å²) in [5, 5.41) is 15.8. The number of benzene rings is 1. The molecule has 0 aromatic heterocycles. The minimum Gasteiger partial charge on any atom is -0.394 e. The van der Waals surface area contributed by atoms with Gasteiger partial charge in [-0.1, -0.05) is 23.2 Å². The first kappa shape index (κ1) is 14.4. The van der Waals surface area contributed by atoms with Gasteiger partial charge in [-0.15, -0.1) is 0 Å². The average molecular weight is 303 g/mol. The van der Waals surface area contributed by atoms with Crippen LogP contribution in [0.4, 0.5) is 10.5 Å². The Morgan fingerprint density at radius 1 is 1.37 bits per heavy atom. The quantitative estimate of drug-likeness (QED) is 0.799. The topological polar surface area (TPSA) is 61.4 Å². The van der Waals surface area contributed by atoms with Gasteiger partial charge in [-0.3, -0.25) is 0 Å². The monoisotopic (exact) mass is 302 g/mol. The number of aliphatic hydroxyl groups excluding tert-OH is 1. The third-order valence-electron chi connectivity index (χ3n) is 3.33. The number of anilines is 1. The Kier molecular flexibility index (Phi) is 4.23. The van der Waals surface area contributed by atoms with Crippen LogP contribution in [0.2, 0.25) is 10.0 Å². The minimum absolute atomic E-state index is 0.0820. The molecule has 1 unspecified atom stereocenters. The largest absolute Gasteiger partial charge is 0.394 e. The van der Waals surface area contributed by atoms with E-state index in [-0.39, 0.29) is 12.6 Å². The van der Waals surface area contributed by atoms with Crippen molar-refractivity contribution in [3.63, 3.8) is 0 Å². The van der Waals surface area contributed by atoms with Gasteiger partial charge in [0.15, 0.2) is 0 Å². The summed E-state index contributed by atoms with van der Waals surface area (Å²) in [5.74, 6) is 0.339. The summed E-state index contributed by atoms with van der Waals surface area (Å²) in [6, 6.07) is 4.44. The van der Waals surface area contributed by atoms with Gasteiger partial charge in [0.25, 0.3) is 0 Å². The van der Waals surface area contributed by atoms with Crippen molar-refractivity contribution in [3.8, 4) is 0 Å². The van der Waals surface area contributed by atoms with E-state index in [1.54, 1.807) is 18.2 Å². The number of aliphatic hydroxyl groups is 1. The molecule has 104 valence electrons. The number of hydrogen-bond donors (Lipinski definition) is 3. The zero-order valence-corrected chi connectivity index (χ0v) is 12.1. The standard InChI is InChI=1S/C13H16Cl2N2O2/c1-13(7-18,8-2-3-8)17-12(19)16-11-5-9(14)4-10(15)6-11/h4-6,8,18H,2-3,7H2,1H3,(H2,16,17,19). The van der Waals surface area contributed by atoms with Gasteiger partial charge in [-0.25, -0.2) is 4.79 Å². The molecular weight excluding hydrogens is 287 g/mol. The van der Waals surface area contributed by atoms with Crippen LogP contribution < -0.4 is 10.6 Å². The van der Waals surface area contributed by atoms with E-state index in [1.807, 2.05) is 6.92 Å². The smallest absolute Gasteiger partial charge is 0.319 e. The maximum absolute atomic E-state index is 11.9. The molecule has 0 bridgehead atoms. The Balaban J connectivity index is 2.00. The average Bonchev–Trinajstić information content (AvgIpc) is 3.10. The maximum atomic E-state index is 11.9. The number of urea groups is 1. The van der Waals surface area contributed by atoms with E-state index in [2.05, 4.69) is 10.6 Å². The molecular formula is C13H16Cl2N2O2. The molecule has 19 heavy (non-hydrogen) atoms. The van der Waals surface area contributed by atoms with Crippen LogP contribution in [0.1, 0.15) is 19.8 Å². The molecule has 0 heterocycles. The van der Waals surface area contributed by atoms with E-state index in [4.69, 9.17) is 23.2 Å². The molecule has 6 heteroatoms. The Bertz CT molecular complexity index is 471. The Morgan fingerprint density at radius 2 is 1.95 bits per heavy atom. The number of rotatable bonds is 4. The van der Waals surface area contributed by atoms with Gasteiger partial charge in [0.05, 0.1) is 12.1 Å². The first-order valence-corrected chi connectivity index (χ1v) is 6.85. The fraction of sp³-hybridized carbons (Fsp3) is 0.462. The highest BCUT2D eigenvalue weighted by molar-refractivity contribution is 6.35. The lowest BCUT2D eigenvalue weighted by atomic mass is 9.97. The highest BCUT2D eigenvalue weighted by Gasteiger charge is 2.42. The zero-order valence-electron chi connectivity index (χ0n) is 10.5. The van der Waals surface area contributed by atoms with Crippen LogP contribution in [0.3, 0.4) is 0 Å². The first-order chi connectivity index (χ1) is 8.93. The molecule has 1 aromatic carbocycles. The van der Waals surface area contributed by atoms with Gasteiger partial charge in [0.2, 0.25) is 0 Å². The highest BCUT2D eigenvalue weighted by atomic mass is 35.5. The van der Waals surface area contributed by atoms with E-state index >= 15 is 0 Å². The fourth-order valence-corrected chi connectivity index (χ4v) is 2.56. The SMILES string of the molecule is CC(CO)(NC(=O)Nc1cc(Cl)cc(Cl)c1)C1CC1. The number of hydrogen-bond acceptors (Lipinski definition) is 2. The van der Waals surface area contributed by atoms with E-state index in [0.29, 0.717) is 21.7 Å². The molecule has 1 aliphatic carbocycles. The van der Waals surface area contributed by atoms with Crippen LogP contribution in [0.15, 0.2) is 18.2 Å². The predicted octanol–water partition coefficient (Wildman–Crippen LogP) is 3.28. The maximum Gasteiger partial charge on any atom is 0.319 e. The molecule has 2 amide bonds. The lowest BCUT2D eigenvalue weighted by Crippen LogP contribution is -2.52. The van der Waals surface area contributed by atoms with Crippen molar-refractivity contribution in [2.24, 2.45) is 5.92 Å². The summed E-state index contributed by atoms with van der Waals surface area (Å²) in [4.78, 5) is 11.9. The number of amides is 2. The van der Waals surface area contributed by atoms with Crippen molar-refractivity contribution in [3.05, 3.63) is 28.2 Å². The van der Waals surface area contributed by atoms with Gasteiger partial charge in [0, 0.05) is 15.7 Å². The summed E-state index contributed by atoms with van der Waals surface area (Å²) in [6.45, 7) is 1.76. The van der Waals surface area contributed by atoms with E-state index in [0.717, 1.165) is 12.8 Å². The van der Waals surface area contributed by atoms with Crippen LogP contribution in [0.25, 0.3) is 0 Å². The molecule has 4 nitrogen and oxygen atoms in total. The summed E-state index contributed by atoms with van der Waals surface area (Å²) >= 11 is 11.7. The van der Waals surface area contributed by atoms with Crippen LogP contribution >= 0.6 is 23.2 Å². The normalized spacial score (nSPS) is 17.7. The van der Waals surface area contributed by atoms with Crippen LogP contribution in [-0.2, 0) is 0 Å². The number of carbonyl (C=O) groups is 1. The summed E-state index contributed by atoms with van der Waals surface area (Å²) < 4.78 is 0. The summed E-state index contributed by atoms with van der Waals surface area (Å²) in [7, 11) is 0. The Morgan fingerprint density at radius 3 is 2.42 bits per heavy atom. The molecule has 1 saturated carbocycles. The van der Waals surface area contributed by atoms with Gasteiger partial charge in [-0.05, 0) is 43.9 Å². The summed E-state index contributed by atoms with van der Waals surface area (Å²) in [6.07, 6.45) is 2.06. The second-order valence-corrected chi connectivity index (χ2v) is 5.96. The molecule has 0 aliphatic heterocycles. The molecule has 2 rings (SSSR count). The number of halogens is 2. The van der Waals surface area contributed by atoms with Crippen LogP contribution in [0.5, 0.6) is 0 Å². The van der Waals surface area contributed by atoms with Crippen molar-refractivity contribution in [2.45, 2.75) is 25.3 Å². The van der Waals surface area contributed by atoms with Crippen molar-refractivity contribution < 1.29 is 9.90 Å². The zero-order chi connectivity index (χ0) is 14.0. The fourth-order valence-electron chi connectivity index (χ4n) is 2.04. The third kappa shape index (κ3) is 3.75. The molecule has 1 fully saturated rings. The third-order valence-corrected chi connectivity index (χ3v) is 3.76. The van der Waals surface area contributed by atoms with E-state index in [9.17, 15) is 9.90 Å². The number of nitrogens with one attached hydrogen (secondary N) is 2. The highest BCUT2D eigenvalue weighted by Crippen LogP contribution is 2.39. The van der Waals surface area contributed by atoms with E-state index in [1.165, 1.54) is 0 Å². The minimum atomic E-state index is -0.577.